The normalized spacial score (nSPS) is 12.0. The largest absolute Gasteiger partial charge is 0.292 e. The van der Waals surface area contributed by atoms with Gasteiger partial charge in [-0.1, -0.05) is 364 Å². The summed E-state index contributed by atoms with van der Waals surface area (Å²) in [5.41, 5.74) is 17.9. The molecule has 0 aliphatic heterocycles. The van der Waals surface area contributed by atoms with E-state index in [1.807, 2.05) is 34.0 Å². The number of fused-ring (bicyclic) bond motifs is 34. The Balaban J connectivity index is 0.000000101. The van der Waals surface area contributed by atoms with Crippen LogP contribution in [0.4, 0.5) is 0 Å². The number of thiophene rings is 3. The number of hydrogen-bond acceptors (Lipinski definition) is 7. The quantitative estimate of drug-likeness (QED) is 0.159. The molecule has 0 radical (unpaired) electrons. The lowest BCUT2D eigenvalue weighted by molar-refractivity contribution is 1.02. The summed E-state index contributed by atoms with van der Waals surface area (Å²) in [4.78, 5) is 21.5. The molecule has 29 rings (SSSR count). The van der Waals surface area contributed by atoms with Gasteiger partial charge in [0.05, 0.1) is 69.6 Å². The fourth-order valence-corrected chi connectivity index (χ4v) is 24.7. The molecule has 9 heterocycles. The summed E-state index contributed by atoms with van der Waals surface area (Å²) in [6.45, 7) is 0. The Morgan fingerprint density at radius 1 is 0.185 bits per heavy atom. The molecule has 0 aliphatic rings. The van der Waals surface area contributed by atoms with E-state index in [2.05, 4.69) is 444 Å². The summed E-state index contributed by atoms with van der Waals surface area (Å²) in [7, 11) is 0. The molecule has 0 bridgehead atoms. The minimum absolute atomic E-state index is 0.687. The highest BCUT2D eigenvalue weighted by Gasteiger charge is 2.29. The van der Waals surface area contributed by atoms with Gasteiger partial charge in [-0.05, 0) is 137 Å². The van der Waals surface area contributed by atoms with E-state index in [1.54, 1.807) is 0 Å². The van der Waals surface area contributed by atoms with Crippen molar-refractivity contribution in [3.8, 4) is 62.4 Å². The minimum atomic E-state index is 0.687. The zero-order valence-electron chi connectivity index (χ0n) is 69.8. The lowest BCUT2D eigenvalue weighted by Gasteiger charge is -2.14. The number of rotatable bonds is 7. The van der Waals surface area contributed by atoms with Crippen LogP contribution < -0.4 is 0 Å². The Labute approximate surface area is 756 Å². The van der Waals surface area contributed by atoms with Gasteiger partial charge in [-0.3, -0.25) is 13.7 Å². The van der Waals surface area contributed by atoms with Gasteiger partial charge in [-0.2, -0.15) is 0 Å². The topological polar surface area (TPSA) is 66.3 Å². The van der Waals surface area contributed by atoms with Gasteiger partial charge in [-0.15, -0.1) is 34.0 Å². The molecule has 0 N–H and O–H groups in total. The zero-order chi connectivity index (χ0) is 85.2. The van der Waals surface area contributed by atoms with Gasteiger partial charge in [0.1, 0.15) is 11.6 Å². The first-order valence-corrected chi connectivity index (χ1v) is 46.5. The van der Waals surface area contributed by atoms with E-state index in [1.165, 1.54) is 191 Å². The van der Waals surface area contributed by atoms with Crippen LogP contribution in [0, 0.1) is 0 Å². The molecule has 0 saturated heterocycles. The first-order chi connectivity index (χ1) is 64.5. The van der Waals surface area contributed by atoms with Gasteiger partial charge in [0, 0.05) is 106 Å². The monoisotopic (exact) mass is 1710 g/mol. The van der Waals surface area contributed by atoms with Crippen LogP contribution in [0.1, 0.15) is 0 Å². The van der Waals surface area contributed by atoms with Gasteiger partial charge < -0.3 is 0 Å². The highest BCUT2D eigenvalue weighted by molar-refractivity contribution is 7.28. The van der Waals surface area contributed by atoms with Crippen LogP contribution in [0.2, 0.25) is 0 Å². The number of para-hydroxylation sites is 5. The number of nitrogens with zero attached hydrogens (tertiary/aromatic N) is 7. The SMILES string of the molecule is c1ccc(-c2cc(-n3c4ccccc4c4c5ccccc5c5c6ccccc6sc5c43)nc3ccccc23)cc1.c1ccc(-c2ccc(-c3nc(-n4c5ccccc5c5c6ccccc6c6c7ccccc7sc6c54)cc4ccccc34)cc2)cc1.c1ccc2cc(-c3nc(-n4c5ccccc5c5c6ccccc6c6c7ccccc7sc6c54)nc4ccccc34)ccc2c1. The van der Waals surface area contributed by atoms with Crippen molar-refractivity contribution in [2.75, 3.05) is 0 Å². The summed E-state index contributed by atoms with van der Waals surface area (Å²) in [6, 6.07) is 155. The van der Waals surface area contributed by atoms with Gasteiger partial charge in [0.25, 0.3) is 0 Å². The Hall–Kier alpha value is -16.3. The van der Waals surface area contributed by atoms with Crippen LogP contribution in [-0.4, -0.2) is 33.6 Å². The molecule has 130 heavy (non-hydrogen) atoms. The van der Waals surface area contributed by atoms with Gasteiger partial charge in [0.15, 0.2) is 0 Å². The second-order valence-corrected chi connectivity index (χ2v) is 36.8. The smallest absolute Gasteiger partial charge is 0.235 e. The number of benzene rings is 20. The molecule has 10 heteroatoms. The Bertz CT molecular complexity index is 9780. The van der Waals surface area contributed by atoms with Crippen molar-refractivity contribution in [2.45, 2.75) is 0 Å². The fraction of sp³-hybridized carbons (Fsp3) is 0. The Kier molecular flexibility index (Phi) is 16.9. The molecule has 9 aromatic heterocycles. The Morgan fingerprint density at radius 3 is 1.03 bits per heavy atom. The molecule has 0 spiro atoms. The number of pyridine rings is 2. The standard InChI is InChI=1S/C43H26N2S.C40H23N3S.C37H22N2S/c1-2-12-27(13-3-1)28-22-24-29(25-23-28)41-31-15-5-4-14-30(31)26-38(44-41)45-36-20-10-8-18-34(36)39-32-16-6-7-17-33(32)40-35-19-9-11-21-37(35)46-43(40)42(39)45;1-2-12-25-23-26(22-21-24(25)11-1)37-29-15-5-8-18-32(29)41-40(42-37)43-33-19-9-6-16-30(33)35-27-13-3-4-14-28(27)36-31-17-7-10-20-34(31)44-39(36)38(35)43;1-2-12-23(13-3-1)29-22-33(38-30-19-9-6-14-24(29)30)39-31-20-10-7-17-27(31)34-25-15-4-5-16-26(25)35-28-18-8-11-21-32(28)40-37(35)36(34)39/h1-26H;1-23H;1-22H. The van der Waals surface area contributed by atoms with E-state index in [9.17, 15) is 0 Å². The molecular formula is C120H71N7S3. The summed E-state index contributed by atoms with van der Waals surface area (Å²) >= 11 is 5.63. The van der Waals surface area contributed by atoms with E-state index in [0.29, 0.717) is 5.95 Å². The molecule has 7 nitrogen and oxygen atoms in total. The summed E-state index contributed by atoms with van der Waals surface area (Å²) in [5.74, 6) is 2.56. The maximum absolute atomic E-state index is 5.52. The predicted octanol–water partition coefficient (Wildman–Crippen LogP) is 33.8. The molecule has 0 fully saturated rings. The van der Waals surface area contributed by atoms with Crippen LogP contribution in [0.15, 0.2) is 431 Å². The zero-order valence-corrected chi connectivity index (χ0v) is 72.3. The Morgan fingerprint density at radius 2 is 0.523 bits per heavy atom. The van der Waals surface area contributed by atoms with Crippen LogP contribution in [0.3, 0.4) is 0 Å². The van der Waals surface area contributed by atoms with E-state index in [-0.39, 0.29) is 0 Å². The minimum Gasteiger partial charge on any atom is -0.292 e. The lowest BCUT2D eigenvalue weighted by Crippen LogP contribution is -2.03. The lowest BCUT2D eigenvalue weighted by atomic mass is 9.99. The molecule has 29 aromatic rings. The van der Waals surface area contributed by atoms with Crippen molar-refractivity contribution in [3.05, 3.63) is 431 Å². The van der Waals surface area contributed by atoms with Crippen molar-refractivity contribution in [1.29, 1.82) is 0 Å². The van der Waals surface area contributed by atoms with Gasteiger partial charge >= 0.3 is 0 Å². The molecule has 20 aromatic carbocycles. The molecule has 0 atom stereocenters. The molecule has 0 amide bonds. The second-order valence-electron chi connectivity index (χ2n) is 33.6. The number of hydrogen-bond donors (Lipinski definition) is 0. The van der Waals surface area contributed by atoms with E-state index < -0.39 is 0 Å². The van der Waals surface area contributed by atoms with Crippen molar-refractivity contribution >= 4 is 236 Å². The molecule has 0 unspecified atom stereocenters. The van der Waals surface area contributed by atoms with E-state index in [0.717, 1.165) is 66.9 Å². The van der Waals surface area contributed by atoms with Crippen LogP contribution in [0.25, 0.3) is 264 Å². The third kappa shape index (κ3) is 11.4. The molecule has 604 valence electrons. The van der Waals surface area contributed by atoms with Crippen LogP contribution >= 0.6 is 34.0 Å². The first kappa shape index (κ1) is 74.0. The maximum atomic E-state index is 5.52. The number of aromatic nitrogens is 7. The van der Waals surface area contributed by atoms with Crippen molar-refractivity contribution in [2.24, 2.45) is 0 Å². The first-order valence-electron chi connectivity index (χ1n) is 44.1. The third-order valence-electron chi connectivity index (χ3n) is 26.5. The summed E-state index contributed by atoms with van der Waals surface area (Å²) < 4.78 is 14.9. The van der Waals surface area contributed by atoms with Crippen LogP contribution in [-0.2, 0) is 0 Å². The molecule has 0 aliphatic carbocycles. The van der Waals surface area contributed by atoms with E-state index in [4.69, 9.17) is 19.9 Å². The molecule has 0 saturated carbocycles. The fourth-order valence-electron chi connectivity index (χ4n) is 20.9. The second kappa shape index (κ2) is 29.6. The summed E-state index contributed by atoms with van der Waals surface area (Å²) in [5, 5.41) is 30.1. The van der Waals surface area contributed by atoms with Crippen molar-refractivity contribution < 1.29 is 0 Å². The third-order valence-corrected chi connectivity index (χ3v) is 30.0. The molecular weight excluding hydrogens is 1640 g/mol. The highest BCUT2D eigenvalue weighted by atomic mass is 32.1. The summed E-state index contributed by atoms with van der Waals surface area (Å²) in [6.07, 6.45) is 0. The van der Waals surface area contributed by atoms with Gasteiger partial charge in [-0.25, -0.2) is 19.9 Å². The van der Waals surface area contributed by atoms with Crippen LogP contribution in [0.5, 0.6) is 0 Å². The van der Waals surface area contributed by atoms with Crippen molar-refractivity contribution in [1.82, 2.24) is 33.6 Å². The van der Waals surface area contributed by atoms with Crippen molar-refractivity contribution in [3.63, 3.8) is 0 Å². The van der Waals surface area contributed by atoms with E-state index >= 15 is 0 Å². The average molecular weight is 1710 g/mol. The predicted molar refractivity (Wildman–Crippen MR) is 556 cm³/mol. The average Bonchev–Trinajstić information content (AvgIpc) is 1.54. The maximum Gasteiger partial charge on any atom is 0.235 e. The van der Waals surface area contributed by atoms with Gasteiger partial charge in [0.2, 0.25) is 5.95 Å². The highest BCUT2D eigenvalue weighted by Crippen LogP contribution is 2.53.